The minimum absolute atomic E-state index is 0.147. The summed E-state index contributed by atoms with van der Waals surface area (Å²) in [4.78, 5) is 24.2. The van der Waals surface area contributed by atoms with Crippen molar-refractivity contribution in [3.63, 3.8) is 0 Å². The van der Waals surface area contributed by atoms with Crippen molar-refractivity contribution in [3.05, 3.63) is 95.1 Å². The molecule has 0 saturated carbocycles. The summed E-state index contributed by atoms with van der Waals surface area (Å²) in [6.07, 6.45) is 0.619. The number of halogens is 3. The molecule has 0 unspecified atom stereocenters. The SMILES string of the molecule is C=CC(=O)Nc1ccc([C@](C)(O)Cn2c(C#N)cc3c(C)c(CN4CCC(Nc5ncnc6c5CN(CC(F)(F)F)CC6)CC4)ccc32)cc1. The highest BCUT2D eigenvalue weighted by atomic mass is 19.4. The number of nitriles is 1. The molecule has 0 radical (unpaired) electrons. The monoisotopic (exact) mass is 686 g/mol. The Morgan fingerprint density at radius 1 is 1.10 bits per heavy atom. The summed E-state index contributed by atoms with van der Waals surface area (Å²) in [5.74, 6) is 0.312. The maximum Gasteiger partial charge on any atom is 0.401 e. The second-order valence-electron chi connectivity index (χ2n) is 13.5. The largest absolute Gasteiger partial charge is 0.401 e. The Morgan fingerprint density at radius 3 is 2.52 bits per heavy atom. The molecule has 4 aromatic rings. The fraction of sp³-hybridized carbons (Fsp3) is 0.405. The predicted molar refractivity (Wildman–Crippen MR) is 185 cm³/mol. The lowest BCUT2D eigenvalue weighted by atomic mass is 9.95. The van der Waals surface area contributed by atoms with Crippen LogP contribution >= 0.6 is 0 Å². The van der Waals surface area contributed by atoms with Crippen LogP contribution in [-0.2, 0) is 36.5 Å². The number of aliphatic hydroxyl groups is 1. The molecule has 13 heteroatoms. The van der Waals surface area contributed by atoms with E-state index >= 15 is 0 Å². The van der Waals surface area contributed by atoms with Gasteiger partial charge in [0, 0.05) is 67.3 Å². The molecule has 262 valence electrons. The normalized spacial score (nSPS) is 17.1. The number of hydrogen-bond acceptors (Lipinski definition) is 8. The van der Waals surface area contributed by atoms with Crippen LogP contribution < -0.4 is 10.6 Å². The van der Waals surface area contributed by atoms with E-state index in [1.807, 2.05) is 16.7 Å². The molecular weight excluding hydrogens is 645 g/mol. The molecule has 0 aliphatic carbocycles. The van der Waals surface area contributed by atoms with Gasteiger partial charge in [0.25, 0.3) is 0 Å². The number of carbonyl (C=O) groups is 1. The number of aromatic nitrogens is 3. The van der Waals surface area contributed by atoms with Crippen molar-refractivity contribution in [3.8, 4) is 6.07 Å². The highest BCUT2D eigenvalue weighted by Gasteiger charge is 2.34. The van der Waals surface area contributed by atoms with Gasteiger partial charge in [-0.2, -0.15) is 18.4 Å². The smallest absolute Gasteiger partial charge is 0.384 e. The number of fused-ring (bicyclic) bond motifs is 2. The molecule has 1 saturated heterocycles. The van der Waals surface area contributed by atoms with Gasteiger partial charge in [0.2, 0.25) is 5.91 Å². The standard InChI is InChI=1S/C37H41F3N8O2/c1-4-34(49)44-27-8-6-26(7-9-27)36(3,50)21-48-29(18-41)17-30-24(2)25(5-10-33(30)48)19-46-14-11-28(12-15-46)45-35-31-20-47(22-37(38,39)40)16-13-32(31)42-23-43-35/h4-10,17,23,28,50H,1,11-16,19-22H2,2-3H3,(H,44,49)(H,42,43,45)/t36-/m1/s1. The van der Waals surface area contributed by atoms with E-state index in [1.54, 1.807) is 31.2 Å². The molecule has 4 heterocycles. The Kier molecular flexibility index (Phi) is 9.98. The van der Waals surface area contributed by atoms with Crippen molar-refractivity contribution < 1.29 is 23.1 Å². The van der Waals surface area contributed by atoms with E-state index in [2.05, 4.69) is 51.1 Å². The lowest BCUT2D eigenvalue weighted by molar-refractivity contribution is -0.147. The molecule has 3 N–H and O–H groups in total. The van der Waals surface area contributed by atoms with Gasteiger partial charge in [-0.25, -0.2) is 9.97 Å². The number of aryl methyl sites for hydroxylation is 1. The first-order valence-electron chi connectivity index (χ1n) is 16.7. The summed E-state index contributed by atoms with van der Waals surface area (Å²) in [6, 6.07) is 15.4. The summed E-state index contributed by atoms with van der Waals surface area (Å²) in [5, 5.41) is 28.7. The van der Waals surface area contributed by atoms with E-state index < -0.39 is 18.3 Å². The van der Waals surface area contributed by atoms with Gasteiger partial charge in [-0.05, 0) is 73.7 Å². The van der Waals surface area contributed by atoms with Gasteiger partial charge in [-0.3, -0.25) is 14.6 Å². The molecule has 2 aliphatic heterocycles. The van der Waals surface area contributed by atoms with Crippen molar-refractivity contribution in [2.24, 2.45) is 0 Å². The molecule has 6 rings (SSSR count). The Labute approximate surface area is 289 Å². The number of amides is 1. The van der Waals surface area contributed by atoms with Crippen LogP contribution in [0.4, 0.5) is 24.7 Å². The average molecular weight is 687 g/mol. The third-order valence-corrected chi connectivity index (χ3v) is 9.81. The summed E-state index contributed by atoms with van der Waals surface area (Å²) < 4.78 is 41.0. The van der Waals surface area contributed by atoms with E-state index in [9.17, 15) is 28.3 Å². The summed E-state index contributed by atoms with van der Waals surface area (Å²) in [5.41, 5.74) is 5.06. The molecular formula is C37H41F3N8O2. The molecule has 2 aliphatic rings. The minimum atomic E-state index is -4.25. The zero-order valence-corrected chi connectivity index (χ0v) is 28.2. The molecule has 1 amide bonds. The number of nitrogens with zero attached hydrogens (tertiary/aromatic N) is 6. The van der Waals surface area contributed by atoms with Crippen molar-refractivity contribution in [2.75, 3.05) is 36.8 Å². The summed E-state index contributed by atoms with van der Waals surface area (Å²) in [7, 11) is 0. The lowest BCUT2D eigenvalue weighted by Crippen LogP contribution is -2.40. The zero-order valence-electron chi connectivity index (χ0n) is 28.2. The fourth-order valence-corrected chi connectivity index (χ4v) is 7.04. The number of hydrogen-bond donors (Lipinski definition) is 3. The molecule has 0 spiro atoms. The molecule has 50 heavy (non-hydrogen) atoms. The highest BCUT2D eigenvalue weighted by molar-refractivity contribution is 5.98. The van der Waals surface area contributed by atoms with E-state index in [0.717, 1.165) is 65.8 Å². The Hall–Kier alpha value is -4.77. The van der Waals surface area contributed by atoms with Crippen LogP contribution in [0.5, 0.6) is 0 Å². The first-order valence-corrected chi connectivity index (χ1v) is 16.7. The summed E-state index contributed by atoms with van der Waals surface area (Å²) in [6.45, 7) is 9.36. The van der Waals surface area contributed by atoms with Crippen LogP contribution in [0.1, 0.15) is 53.4 Å². The first kappa shape index (κ1) is 35.1. The van der Waals surface area contributed by atoms with Gasteiger partial charge >= 0.3 is 6.18 Å². The topological polar surface area (TPSA) is 122 Å². The van der Waals surface area contributed by atoms with Crippen molar-refractivity contribution in [1.82, 2.24) is 24.3 Å². The maximum absolute atomic E-state index is 13.1. The van der Waals surface area contributed by atoms with Crippen LogP contribution in [0.25, 0.3) is 10.9 Å². The van der Waals surface area contributed by atoms with Gasteiger partial charge in [-0.1, -0.05) is 24.8 Å². The predicted octanol–water partition coefficient (Wildman–Crippen LogP) is 5.64. The molecule has 1 atom stereocenters. The van der Waals surface area contributed by atoms with E-state index in [0.29, 0.717) is 35.7 Å². The number of rotatable bonds is 10. The minimum Gasteiger partial charge on any atom is -0.384 e. The molecule has 0 bridgehead atoms. The van der Waals surface area contributed by atoms with Crippen LogP contribution in [-0.4, -0.2) is 73.7 Å². The average Bonchev–Trinajstić information content (AvgIpc) is 3.43. The van der Waals surface area contributed by atoms with Gasteiger partial charge in [0.15, 0.2) is 0 Å². The second kappa shape index (κ2) is 14.2. The summed E-state index contributed by atoms with van der Waals surface area (Å²) >= 11 is 0. The van der Waals surface area contributed by atoms with Crippen molar-refractivity contribution in [1.29, 1.82) is 5.26 Å². The lowest BCUT2D eigenvalue weighted by Gasteiger charge is -2.34. The number of alkyl halides is 3. The Balaban J connectivity index is 1.10. The number of nitrogens with one attached hydrogen (secondary N) is 2. The van der Waals surface area contributed by atoms with Crippen molar-refractivity contribution in [2.45, 2.75) is 70.6 Å². The number of anilines is 2. The van der Waals surface area contributed by atoms with Crippen LogP contribution in [0, 0.1) is 18.3 Å². The zero-order chi connectivity index (χ0) is 35.6. The van der Waals surface area contributed by atoms with Crippen LogP contribution in [0.3, 0.4) is 0 Å². The van der Waals surface area contributed by atoms with Crippen LogP contribution in [0.15, 0.2) is 61.4 Å². The van der Waals surface area contributed by atoms with Gasteiger partial charge in [0.1, 0.15) is 29.5 Å². The van der Waals surface area contributed by atoms with Gasteiger partial charge in [0.05, 0.1) is 18.8 Å². The van der Waals surface area contributed by atoms with Gasteiger partial charge < -0.3 is 20.3 Å². The Bertz CT molecular complexity index is 1920. The highest BCUT2D eigenvalue weighted by Crippen LogP contribution is 2.32. The van der Waals surface area contributed by atoms with E-state index in [1.165, 1.54) is 17.3 Å². The quantitative estimate of drug-likeness (QED) is 0.183. The first-order chi connectivity index (χ1) is 23.8. The van der Waals surface area contributed by atoms with E-state index in [4.69, 9.17) is 0 Å². The van der Waals surface area contributed by atoms with E-state index in [-0.39, 0.29) is 25.0 Å². The number of benzene rings is 2. The molecule has 2 aromatic heterocycles. The maximum atomic E-state index is 13.1. The number of likely N-dealkylation sites (tertiary alicyclic amines) is 1. The number of piperidine rings is 1. The van der Waals surface area contributed by atoms with Gasteiger partial charge in [-0.15, -0.1) is 0 Å². The van der Waals surface area contributed by atoms with Crippen LogP contribution in [0.2, 0.25) is 0 Å². The fourth-order valence-electron chi connectivity index (χ4n) is 7.04. The Morgan fingerprint density at radius 2 is 1.84 bits per heavy atom. The molecule has 2 aromatic carbocycles. The molecule has 1 fully saturated rings. The third-order valence-electron chi connectivity index (χ3n) is 9.81. The number of carbonyl (C=O) groups excluding carboxylic acids is 1. The molecule has 10 nitrogen and oxygen atoms in total. The second-order valence-corrected chi connectivity index (χ2v) is 13.5. The van der Waals surface area contributed by atoms with Crippen molar-refractivity contribution >= 4 is 28.3 Å². The third kappa shape index (κ3) is 7.83.